The van der Waals surface area contributed by atoms with Crippen LogP contribution >= 0.6 is 0 Å². The van der Waals surface area contributed by atoms with Crippen LogP contribution in [0.3, 0.4) is 0 Å². The zero-order valence-corrected chi connectivity index (χ0v) is 17.5. The van der Waals surface area contributed by atoms with E-state index in [1.165, 1.54) is 74.7 Å². The fourth-order valence-electron chi connectivity index (χ4n) is 3.47. The van der Waals surface area contributed by atoms with E-state index >= 15 is 0 Å². The SMILES string of the molecule is CC/C=C(\C)N1CCCc2ccc(C)cc2C1.CCCCCCCC. The lowest BCUT2D eigenvalue weighted by atomic mass is 10.0. The van der Waals surface area contributed by atoms with Gasteiger partial charge in [0.05, 0.1) is 0 Å². The highest BCUT2D eigenvalue weighted by atomic mass is 15.1. The quantitative estimate of drug-likeness (QED) is 0.465. The molecule has 0 fully saturated rings. The number of hydrogen-bond donors (Lipinski definition) is 0. The lowest BCUT2D eigenvalue weighted by molar-refractivity contribution is 0.341. The minimum absolute atomic E-state index is 1.08. The molecule has 0 saturated carbocycles. The topological polar surface area (TPSA) is 3.24 Å². The van der Waals surface area contributed by atoms with E-state index in [9.17, 15) is 0 Å². The first-order valence-electron chi connectivity index (χ1n) is 10.6. The van der Waals surface area contributed by atoms with Gasteiger partial charge in [-0.1, -0.05) is 89.1 Å². The molecular formula is C24H41N. The van der Waals surface area contributed by atoms with Crippen molar-refractivity contribution in [3.63, 3.8) is 0 Å². The van der Waals surface area contributed by atoms with Crippen LogP contribution in [0.5, 0.6) is 0 Å². The lowest BCUT2D eigenvalue weighted by Crippen LogP contribution is -2.21. The van der Waals surface area contributed by atoms with Crippen LogP contribution in [0.2, 0.25) is 0 Å². The number of allylic oxidation sites excluding steroid dienone is 2. The Hall–Kier alpha value is -1.24. The molecule has 0 saturated heterocycles. The Bertz CT molecular complexity index is 495. The number of rotatable bonds is 7. The molecule has 1 heteroatoms. The van der Waals surface area contributed by atoms with E-state index in [1.54, 1.807) is 5.56 Å². The molecule has 0 amide bonds. The van der Waals surface area contributed by atoms with Gasteiger partial charge in [-0.25, -0.2) is 0 Å². The molecule has 1 aliphatic heterocycles. The Morgan fingerprint density at radius 2 is 1.68 bits per heavy atom. The van der Waals surface area contributed by atoms with Crippen molar-refractivity contribution in [2.45, 2.75) is 99.0 Å². The number of fused-ring (bicyclic) bond motifs is 1. The lowest BCUT2D eigenvalue weighted by Gasteiger charge is -2.24. The van der Waals surface area contributed by atoms with E-state index < -0.39 is 0 Å². The summed E-state index contributed by atoms with van der Waals surface area (Å²) >= 11 is 0. The number of unbranched alkanes of at least 4 members (excludes halogenated alkanes) is 5. The summed E-state index contributed by atoms with van der Waals surface area (Å²) in [4.78, 5) is 2.52. The molecule has 0 bridgehead atoms. The molecule has 1 aliphatic rings. The minimum atomic E-state index is 1.08. The van der Waals surface area contributed by atoms with Gasteiger partial charge in [0.25, 0.3) is 0 Å². The maximum atomic E-state index is 2.52. The summed E-state index contributed by atoms with van der Waals surface area (Å²) in [6, 6.07) is 6.91. The maximum Gasteiger partial charge on any atom is 0.0429 e. The van der Waals surface area contributed by atoms with E-state index in [2.05, 4.69) is 63.8 Å². The van der Waals surface area contributed by atoms with Crippen LogP contribution in [0.15, 0.2) is 30.0 Å². The van der Waals surface area contributed by atoms with Crippen LogP contribution in [-0.2, 0) is 13.0 Å². The van der Waals surface area contributed by atoms with E-state index in [0.29, 0.717) is 0 Å². The Balaban J connectivity index is 0.000000333. The smallest absolute Gasteiger partial charge is 0.0429 e. The van der Waals surface area contributed by atoms with Gasteiger partial charge in [-0.3, -0.25) is 0 Å². The van der Waals surface area contributed by atoms with E-state index in [0.717, 1.165) is 13.0 Å². The highest BCUT2D eigenvalue weighted by Gasteiger charge is 2.14. The van der Waals surface area contributed by atoms with Crippen molar-refractivity contribution in [1.29, 1.82) is 0 Å². The third kappa shape index (κ3) is 8.61. The molecule has 2 rings (SSSR count). The van der Waals surface area contributed by atoms with Crippen LogP contribution in [0, 0.1) is 6.92 Å². The standard InChI is InChI=1S/C16H23N.C8H18/c1-4-6-14(3)17-10-5-7-15-9-8-13(2)11-16(15)12-17;1-3-5-7-8-6-4-2/h6,8-9,11H,4-5,7,10,12H2,1-3H3;3-8H2,1-2H3/b14-6+;. The van der Waals surface area contributed by atoms with Gasteiger partial charge in [0.15, 0.2) is 0 Å². The summed E-state index contributed by atoms with van der Waals surface area (Å²) < 4.78 is 0. The monoisotopic (exact) mass is 343 g/mol. The predicted octanol–water partition coefficient (Wildman–Crippen LogP) is 7.42. The Morgan fingerprint density at radius 3 is 2.28 bits per heavy atom. The van der Waals surface area contributed by atoms with Crippen molar-refractivity contribution in [1.82, 2.24) is 4.90 Å². The van der Waals surface area contributed by atoms with Crippen LogP contribution < -0.4 is 0 Å². The van der Waals surface area contributed by atoms with Gasteiger partial charge in [0.1, 0.15) is 0 Å². The Morgan fingerprint density at radius 1 is 1.00 bits per heavy atom. The highest BCUT2D eigenvalue weighted by molar-refractivity contribution is 5.32. The van der Waals surface area contributed by atoms with Crippen molar-refractivity contribution in [2.75, 3.05) is 6.54 Å². The second kappa shape index (κ2) is 13.0. The first-order chi connectivity index (χ1) is 12.1. The van der Waals surface area contributed by atoms with Crippen molar-refractivity contribution >= 4 is 0 Å². The van der Waals surface area contributed by atoms with Gasteiger partial charge in [-0.05, 0) is 44.2 Å². The number of benzene rings is 1. The van der Waals surface area contributed by atoms with Gasteiger partial charge in [0, 0.05) is 18.8 Å². The number of nitrogens with zero attached hydrogens (tertiary/aromatic N) is 1. The van der Waals surface area contributed by atoms with E-state index in [-0.39, 0.29) is 0 Å². The zero-order valence-electron chi connectivity index (χ0n) is 17.5. The van der Waals surface area contributed by atoms with Gasteiger partial charge < -0.3 is 4.90 Å². The second-order valence-corrected chi connectivity index (χ2v) is 7.47. The molecule has 1 nitrogen and oxygen atoms in total. The summed E-state index contributed by atoms with van der Waals surface area (Å²) in [7, 11) is 0. The van der Waals surface area contributed by atoms with Crippen LogP contribution in [0.4, 0.5) is 0 Å². The first kappa shape index (κ1) is 21.8. The fraction of sp³-hybridized carbons (Fsp3) is 0.667. The summed E-state index contributed by atoms with van der Waals surface area (Å²) in [5.41, 5.74) is 5.87. The summed E-state index contributed by atoms with van der Waals surface area (Å²) in [5.74, 6) is 0. The van der Waals surface area contributed by atoms with Gasteiger partial charge in [-0.15, -0.1) is 0 Å². The molecule has 0 aromatic heterocycles. The maximum absolute atomic E-state index is 2.52. The normalized spacial score (nSPS) is 14.4. The molecule has 1 heterocycles. The average Bonchev–Trinajstić information content (AvgIpc) is 2.81. The van der Waals surface area contributed by atoms with Crippen molar-refractivity contribution in [3.05, 3.63) is 46.7 Å². The van der Waals surface area contributed by atoms with Gasteiger partial charge in [-0.2, -0.15) is 0 Å². The summed E-state index contributed by atoms with van der Waals surface area (Å²) in [6.45, 7) is 13.4. The molecule has 0 atom stereocenters. The molecule has 0 spiro atoms. The molecule has 1 aromatic carbocycles. The summed E-state index contributed by atoms with van der Waals surface area (Å²) in [5, 5.41) is 0. The van der Waals surface area contributed by atoms with E-state index in [4.69, 9.17) is 0 Å². The number of aryl methyl sites for hydroxylation is 2. The Labute approximate surface area is 157 Å². The highest BCUT2D eigenvalue weighted by Crippen LogP contribution is 2.22. The molecule has 142 valence electrons. The van der Waals surface area contributed by atoms with Crippen LogP contribution in [-0.4, -0.2) is 11.4 Å². The molecule has 1 aromatic rings. The second-order valence-electron chi connectivity index (χ2n) is 7.47. The molecule has 25 heavy (non-hydrogen) atoms. The Kier molecular flexibility index (Phi) is 11.4. The molecule has 0 unspecified atom stereocenters. The van der Waals surface area contributed by atoms with Gasteiger partial charge in [0.2, 0.25) is 0 Å². The zero-order chi connectivity index (χ0) is 18.5. The van der Waals surface area contributed by atoms with Crippen molar-refractivity contribution in [2.24, 2.45) is 0 Å². The third-order valence-electron chi connectivity index (χ3n) is 5.05. The third-order valence-corrected chi connectivity index (χ3v) is 5.05. The molecule has 0 N–H and O–H groups in total. The molecule has 0 aliphatic carbocycles. The van der Waals surface area contributed by atoms with Gasteiger partial charge >= 0.3 is 0 Å². The average molecular weight is 344 g/mol. The van der Waals surface area contributed by atoms with Crippen LogP contribution in [0.25, 0.3) is 0 Å². The van der Waals surface area contributed by atoms with Crippen molar-refractivity contribution < 1.29 is 0 Å². The molecule has 0 radical (unpaired) electrons. The molecular weight excluding hydrogens is 302 g/mol. The van der Waals surface area contributed by atoms with E-state index in [1.807, 2.05) is 0 Å². The fourth-order valence-corrected chi connectivity index (χ4v) is 3.47. The largest absolute Gasteiger partial charge is 0.371 e. The summed E-state index contributed by atoms with van der Waals surface area (Å²) in [6.07, 6.45) is 14.4. The first-order valence-corrected chi connectivity index (χ1v) is 10.6. The van der Waals surface area contributed by atoms with Crippen molar-refractivity contribution in [3.8, 4) is 0 Å². The van der Waals surface area contributed by atoms with Crippen LogP contribution in [0.1, 0.15) is 95.8 Å². The minimum Gasteiger partial charge on any atom is -0.371 e. The number of hydrogen-bond acceptors (Lipinski definition) is 1. The predicted molar refractivity (Wildman–Crippen MR) is 113 cm³/mol.